The highest BCUT2D eigenvalue weighted by Gasteiger charge is 2.15. The number of carbonyl (C=O) groups is 3. The Morgan fingerprint density at radius 1 is 0.906 bits per heavy atom. The normalized spacial score (nSPS) is 10.8. The van der Waals surface area contributed by atoms with Crippen LogP contribution in [0, 0.1) is 26.6 Å². The van der Waals surface area contributed by atoms with E-state index in [1.54, 1.807) is 12.1 Å². The third-order valence-electron chi connectivity index (χ3n) is 5.23. The van der Waals surface area contributed by atoms with Gasteiger partial charge in [-0.1, -0.05) is 23.8 Å². The van der Waals surface area contributed by atoms with Crippen molar-refractivity contribution in [3.63, 3.8) is 0 Å². The van der Waals surface area contributed by atoms with Gasteiger partial charge in [0, 0.05) is 36.0 Å². The SMILES string of the molecule is Cc1cc(C)c2[nH]c(C)c(CC(=O)NNC(=O)CCC(=O)NCc3ccc(F)cc3)c2c1. The maximum atomic E-state index is 12.9. The lowest BCUT2D eigenvalue weighted by atomic mass is 10.0. The molecule has 8 heteroatoms. The van der Waals surface area contributed by atoms with E-state index in [0.29, 0.717) is 0 Å². The molecule has 0 saturated heterocycles. The summed E-state index contributed by atoms with van der Waals surface area (Å²) in [6.45, 7) is 6.20. The predicted octanol–water partition coefficient (Wildman–Crippen LogP) is 3.02. The molecule has 0 saturated carbocycles. The number of halogens is 1. The Bertz CT molecular complexity index is 1150. The first-order chi connectivity index (χ1) is 15.2. The Morgan fingerprint density at radius 3 is 2.28 bits per heavy atom. The van der Waals surface area contributed by atoms with Crippen molar-refractivity contribution in [1.29, 1.82) is 0 Å². The lowest BCUT2D eigenvalue weighted by Crippen LogP contribution is -2.42. The van der Waals surface area contributed by atoms with Crippen LogP contribution in [0.1, 0.15) is 40.8 Å². The first-order valence-corrected chi connectivity index (χ1v) is 10.4. The predicted molar refractivity (Wildman–Crippen MR) is 120 cm³/mol. The summed E-state index contributed by atoms with van der Waals surface area (Å²) in [5, 5.41) is 3.67. The van der Waals surface area contributed by atoms with E-state index in [-0.39, 0.29) is 43.4 Å². The number of carbonyl (C=O) groups excluding carboxylic acids is 3. The van der Waals surface area contributed by atoms with Crippen molar-refractivity contribution in [3.8, 4) is 0 Å². The molecule has 0 aliphatic rings. The topological polar surface area (TPSA) is 103 Å². The van der Waals surface area contributed by atoms with E-state index in [1.807, 2.05) is 26.8 Å². The zero-order chi connectivity index (χ0) is 23.3. The van der Waals surface area contributed by atoms with Gasteiger partial charge in [0.15, 0.2) is 0 Å². The minimum atomic E-state index is -0.461. The number of rotatable bonds is 7. The molecule has 0 radical (unpaired) electrons. The number of aryl methyl sites for hydroxylation is 3. The first kappa shape index (κ1) is 23.0. The average Bonchev–Trinajstić information content (AvgIpc) is 3.06. The number of fused-ring (bicyclic) bond motifs is 1. The van der Waals surface area contributed by atoms with Crippen LogP contribution in [0.2, 0.25) is 0 Å². The third-order valence-corrected chi connectivity index (χ3v) is 5.23. The van der Waals surface area contributed by atoms with Gasteiger partial charge in [-0.2, -0.15) is 0 Å². The van der Waals surface area contributed by atoms with Gasteiger partial charge in [0.2, 0.25) is 17.7 Å². The Kier molecular flexibility index (Phi) is 7.25. The van der Waals surface area contributed by atoms with Crippen molar-refractivity contribution in [1.82, 2.24) is 21.2 Å². The van der Waals surface area contributed by atoms with Gasteiger partial charge in [0.25, 0.3) is 0 Å². The Balaban J connectivity index is 1.43. The number of amides is 3. The largest absolute Gasteiger partial charge is 0.358 e. The first-order valence-electron chi connectivity index (χ1n) is 10.4. The highest BCUT2D eigenvalue weighted by molar-refractivity contribution is 5.93. The van der Waals surface area contributed by atoms with E-state index in [0.717, 1.165) is 38.9 Å². The standard InChI is InChI=1S/C24H27FN4O3/c1-14-10-15(2)24-20(11-14)19(16(3)27-24)12-23(32)29-28-22(31)9-8-21(30)26-13-17-4-6-18(25)7-5-17/h4-7,10-11,27H,8-9,12-13H2,1-3H3,(H,26,30)(H,28,31)(H,29,32). The third kappa shape index (κ3) is 5.94. The summed E-state index contributed by atoms with van der Waals surface area (Å²) in [7, 11) is 0. The number of benzene rings is 2. The van der Waals surface area contributed by atoms with Crippen LogP contribution in [-0.4, -0.2) is 22.7 Å². The molecule has 0 atom stereocenters. The molecule has 3 amide bonds. The van der Waals surface area contributed by atoms with Gasteiger partial charge in [0.05, 0.1) is 6.42 Å². The quantitative estimate of drug-likeness (QED) is 0.426. The Labute approximate surface area is 185 Å². The summed E-state index contributed by atoms with van der Waals surface area (Å²) in [5.41, 5.74) is 10.5. The van der Waals surface area contributed by atoms with Gasteiger partial charge >= 0.3 is 0 Å². The smallest absolute Gasteiger partial charge is 0.242 e. The molecule has 0 unspecified atom stereocenters. The lowest BCUT2D eigenvalue weighted by molar-refractivity contribution is -0.130. The van der Waals surface area contributed by atoms with Crippen LogP contribution in [0.25, 0.3) is 10.9 Å². The number of hydrogen-bond donors (Lipinski definition) is 4. The fourth-order valence-corrected chi connectivity index (χ4v) is 3.59. The molecule has 7 nitrogen and oxygen atoms in total. The van der Waals surface area contributed by atoms with E-state index >= 15 is 0 Å². The average molecular weight is 439 g/mol. The molecule has 0 aliphatic heterocycles. The van der Waals surface area contributed by atoms with E-state index in [2.05, 4.69) is 27.2 Å². The summed E-state index contributed by atoms with van der Waals surface area (Å²) in [6.07, 6.45) is 0.0240. The molecular weight excluding hydrogens is 411 g/mol. The van der Waals surface area contributed by atoms with Crippen molar-refractivity contribution in [3.05, 3.63) is 70.2 Å². The second kappa shape index (κ2) is 10.1. The zero-order valence-electron chi connectivity index (χ0n) is 18.4. The van der Waals surface area contributed by atoms with E-state index in [1.165, 1.54) is 12.1 Å². The highest BCUT2D eigenvalue weighted by atomic mass is 19.1. The van der Waals surface area contributed by atoms with Crippen molar-refractivity contribution in [2.75, 3.05) is 0 Å². The van der Waals surface area contributed by atoms with Gasteiger partial charge in [-0.25, -0.2) is 4.39 Å². The monoisotopic (exact) mass is 438 g/mol. The van der Waals surface area contributed by atoms with E-state index in [9.17, 15) is 18.8 Å². The molecule has 4 N–H and O–H groups in total. The second-order valence-electron chi connectivity index (χ2n) is 7.91. The van der Waals surface area contributed by atoms with Gasteiger partial charge in [-0.05, 0) is 55.7 Å². The fraction of sp³-hybridized carbons (Fsp3) is 0.292. The van der Waals surface area contributed by atoms with Crippen LogP contribution in [0.15, 0.2) is 36.4 Å². The Hall–Kier alpha value is -3.68. The minimum Gasteiger partial charge on any atom is -0.358 e. The van der Waals surface area contributed by atoms with Crippen molar-refractivity contribution >= 4 is 28.6 Å². The van der Waals surface area contributed by atoms with Crippen LogP contribution in [0.4, 0.5) is 4.39 Å². The number of aromatic amines is 1. The second-order valence-corrected chi connectivity index (χ2v) is 7.91. The van der Waals surface area contributed by atoms with Crippen LogP contribution in [-0.2, 0) is 27.3 Å². The number of hydrogen-bond acceptors (Lipinski definition) is 3. The maximum Gasteiger partial charge on any atom is 0.242 e. The molecule has 2 aromatic carbocycles. The number of hydrazine groups is 1. The number of aromatic nitrogens is 1. The molecule has 0 bridgehead atoms. The zero-order valence-corrected chi connectivity index (χ0v) is 18.4. The minimum absolute atomic E-state index is 0.0248. The molecular formula is C24H27FN4O3. The molecule has 3 aromatic rings. The lowest BCUT2D eigenvalue weighted by Gasteiger charge is -2.09. The molecule has 168 valence electrons. The van der Waals surface area contributed by atoms with Gasteiger partial charge < -0.3 is 10.3 Å². The molecule has 0 fully saturated rings. The summed E-state index contributed by atoms with van der Waals surface area (Å²) in [6, 6.07) is 9.91. The van der Waals surface area contributed by atoms with Gasteiger partial charge in [-0.3, -0.25) is 25.2 Å². The molecule has 0 aliphatic carbocycles. The highest BCUT2D eigenvalue weighted by Crippen LogP contribution is 2.26. The van der Waals surface area contributed by atoms with Gasteiger partial charge in [0.1, 0.15) is 5.82 Å². The van der Waals surface area contributed by atoms with Crippen LogP contribution < -0.4 is 16.2 Å². The molecule has 32 heavy (non-hydrogen) atoms. The van der Waals surface area contributed by atoms with E-state index in [4.69, 9.17) is 0 Å². The number of nitrogens with one attached hydrogen (secondary N) is 4. The van der Waals surface area contributed by atoms with Crippen LogP contribution in [0.5, 0.6) is 0 Å². The van der Waals surface area contributed by atoms with Gasteiger partial charge in [-0.15, -0.1) is 0 Å². The van der Waals surface area contributed by atoms with E-state index < -0.39 is 5.91 Å². The molecule has 3 rings (SSSR count). The van der Waals surface area contributed by atoms with Crippen molar-refractivity contribution in [2.45, 2.75) is 46.6 Å². The molecule has 1 heterocycles. The maximum absolute atomic E-state index is 12.9. The fourth-order valence-electron chi connectivity index (χ4n) is 3.59. The van der Waals surface area contributed by atoms with Crippen LogP contribution >= 0.6 is 0 Å². The summed E-state index contributed by atoms with van der Waals surface area (Å²) < 4.78 is 12.9. The summed E-state index contributed by atoms with van der Waals surface area (Å²) in [5.74, 6) is -1.46. The van der Waals surface area contributed by atoms with Crippen molar-refractivity contribution in [2.24, 2.45) is 0 Å². The van der Waals surface area contributed by atoms with Crippen LogP contribution in [0.3, 0.4) is 0 Å². The molecule has 1 aromatic heterocycles. The summed E-state index contributed by atoms with van der Waals surface area (Å²) >= 11 is 0. The number of H-pyrrole nitrogens is 1. The van der Waals surface area contributed by atoms with Crippen molar-refractivity contribution < 1.29 is 18.8 Å². The molecule has 0 spiro atoms. The Morgan fingerprint density at radius 2 is 1.56 bits per heavy atom. The summed E-state index contributed by atoms with van der Waals surface area (Å²) in [4.78, 5) is 39.6.